The van der Waals surface area contributed by atoms with Crippen LogP contribution in [0.15, 0.2) is 53.4 Å². The average molecular weight is 358 g/mol. The van der Waals surface area contributed by atoms with Gasteiger partial charge in [0.05, 0.1) is 12.3 Å². The average Bonchev–Trinajstić information content (AvgIpc) is 2.58. The summed E-state index contributed by atoms with van der Waals surface area (Å²) in [6, 6.07) is 16.3. The smallest absolute Gasteiger partial charge is 0.230 e. The fourth-order valence-corrected chi connectivity index (χ4v) is 2.97. The zero-order valence-corrected chi connectivity index (χ0v) is 16.3. The molecule has 25 heavy (non-hydrogen) atoms. The molecule has 4 heteroatoms. The molecule has 0 aromatic heterocycles. The van der Waals surface area contributed by atoms with Crippen LogP contribution in [-0.4, -0.2) is 24.8 Å². The lowest BCUT2D eigenvalue weighted by atomic mass is 9.87. The highest BCUT2D eigenvalue weighted by atomic mass is 32.2. The van der Waals surface area contributed by atoms with Crippen molar-refractivity contribution in [3.05, 3.63) is 59.7 Å². The van der Waals surface area contributed by atoms with E-state index in [9.17, 15) is 4.79 Å². The fourth-order valence-electron chi connectivity index (χ4n) is 2.24. The summed E-state index contributed by atoms with van der Waals surface area (Å²) >= 11 is 1.54. The first-order valence-electron chi connectivity index (χ1n) is 8.54. The van der Waals surface area contributed by atoms with E-state index in [4.69, 9.17) is 4.74 Å². The predicted octanol–water partition coefficient (Wildman–Crippen LogP) is 4.58. The second kappa shape index (κ2) is 8.95. The number of hydrogen-bond donors (Lipinski definition) is 1. The van der Waals surface area contributed by atoms with E-state index >= 15 is 0 Å². The minimum Gasteiger partial charge on any atom is -0.492 e. The number of carbonyl (C=O) groups is 1. The highest BCUT2D eigenvalue weighted by Gasteiger charge is 2.12. The third kappa shape index (κ3) is 6.83. The predicted molar refractivity (Wildman–Crippen MR) is 106 cm³/mol. The minimum absolute atomic E-state index is 0.0252. The van der Waals surface area contributed by atoms with Gasteiger partial charge in [0.25, 0.3) is 0 Å². The molecule has 0 spiro atoms. The molecular formula is C21H27NO2S. The highest BCUT2D eigenvalue weighted by molar-refractivity contribution is 8.00. The molecule has 0 unspecified atom stereocenters. The molecule has 0 saturated heterocycles. The molecule has 2 aromatic rings. The van der Waals surface area contributed by atoms with Crippen LogP contribution < -0.4 is 10.1 Å². The lowest BCUT2D eigenvalue weighted by molar-refractivity contribution is -0.118. The number of nitrogens with one attached hydrogen (secondary N) is 1. The third-order valence-corrected chi connectivity index (χ3v) is 4.82. The zero-order valence-electron chi connectivity index (χ0n) is 15.5. The van der Waals surface area contributed by atoms with Gasteiger partial charge in [-0.2, -0.15) is 0 Å². The summed E-state index contributed by atoms with van der Waals surface area (Å²) in [6.45, 7) is 9.59. The quantitative estimate of drug-likeness (QED) is 0.582. The van der Waals surface area contributed by atoms with Crippen molar-refractivity contribution in [3.8, 4) is 5.75 Å². The normalized spacial score (nSPS) is 11.2. The molecule has 0 atom stereocenters. The Morgan fingerprint density at radius 1 is 1.04 bits per heavy atom. The summed E-state index contributed by atoms with van der Waals surface area (Å²) in [7, 11) is 0. The summed E-state index contributed by atoms with van der Waals surface area (Å²) in [5.41, 5.74) is 2.64. The molecule has 2 aromatic carbocycles. The first-order chi connectivity index (χ1) is 11.8. The SMILES string of the molecule is Cc1ccc(SCC(=O)NCCOc2ccc(C(C)(C)C)cc2)cc1. The number of thioether (sulfide) groups is 1. The van der Waals surface area contributed by atoms with Gasteiger partial charge >= 0.3 is 0 Å². The van der Waals surface area contributed by atoms with E-state index in [1.807, 2.05) is 24.3 Å². The molecule has 0 saturated carbocycles. The van der Waals surface area contributed by atoms with E-state index in [2.05, 4.69) is 57.3 Å². The van der Waals surface area contributed by atoms with E-state index in [1.54, 1.807) is 11.8 Å². The van der Waals surface area contributed by atoms with E-state index in [-0.39, 0.29) is 11.3 Å². The van der Waals surface area contributed by atoms with Crippen molar-refractivity contribution in [1.82, 2.24) is 5.32 Å². The van der Waals surface area contributed by atoms with Crippen molar-refractivity contribution in [2.45, 2.75) is 38.0 Å². The maximum absolute atomic E-state index is 11.9. The number of aryl methyl sites for hydroxylation is 1. The monoisotopic (exact) mass is 357 g/mol. The molecule has 1 N–H and O–H groups in total. The van der Waals surface area contributed by atoms with Gasteiger partial charge in [0.15, 0.2) is 0 Å². The minimum atomic E-state index is 0.0252. The maximum Gasteiger partial charge on any atom is 0.230 e. The van der Waals surface area contributed by atoms with Gasteiger partial charge in [-0.05, 0) is 42.2 Å². The number of hydrogen-bond acceptors (Lipinski definition) is 3. The van der Waals surface area contributed by atoms with E-state index in [0.717, 1.165) is 10.6 Å². The molecule has 2 rings (SSSR count). The Hall–Kier alpha value is -1.94. The lowest BCUT2D eigenvalue weighted by Gasteiger charge is -2.19. The molecular weight excluding hydrogens is 330 g/mol. The Morgan fingerprint density at radius 3 is 2.28 bits per heavy atom. The largest absolute Gasteiger partial charge is 0.492 e. The topological polar surface area (TPSA) is 38.3 Å². The molecule has 0 aliphatic carbocycles. The maximum atomic E-state index is 11.9. The molecule has 0 bridgehead atoms. The molecule has 134 valence electrons. The van der Waals surface area contributed by atoms with E-state index in [1.165, 1.54) is 11.1 Å². The first kappa shape index (κ1) is 19.4. The van der Waals surface area contributed by atoms with Gasteiger partial charge in [-0.15, -0.1) is 11.8 Å². The van der Waals surface area contributed by atoms with Crippen molar-refractivity contribution < 1.29 is 9.53 Å². The van der Waals surface area contributed by atoms with Crippen molar-refractivity contribution in [2.24, 2.45) is 0 Å². The Morgan fingerprint density at radius 2 is 1.68 bits per heavy atom. The van der Waals surface area contributed by atoms with Crippen molar-refractivity contribution in [3.63, 3.8) is 0 Å². The number of benzene rings is 2. The number of ether oxygens (including phenoxy) is 1. The molecule has 0 heterocycles. The Balaban J connectivity index is 1.65. The van der Waals surface area contributed by atoms with E-state index < -0.39 is 0 Å². The van der Waals surface area contributed by atoms with Crippen LogP contribution >= 0.6 is 11.8 Å². The Labute approximate surface area is 155 Å². The van der Waals surface area contributed by atoms with Crippen LogP contribution in [0, 0.1) is 6.92 Å². The first-order valence-corrected chi connectivity index (χ1v) is 9.53. The van der Waals surface area contributed by atoms with Gasteiger partial charge in [0.1, 0.15) is 12.4 Å². The summed E-state index contributed by atoms with van der Waals surface area (Å²) < 4.78 is 5.68. The van der Waals surface area contributed by atoms with Crippen LogP contribution in [0.2, 0.25) is 0 Å². The van der Waals surface area contributed by atoms with Gasteiger partial charge in [0.2, 0.25) is 5.91 Å². The summed E-state index contributed by atoms with van der Waals surface area (Å²) in [5, 5.41) is 2.89. The van der Waals surface area contributed by atoms with Crippen LogP contribution in [0.1, 0.15) is 31.9 Å². The number of rotatable bonds is 7. The Kier molecular flexibility index (Phi) is 6.94. The lowest BCUT2D eigenvalue weighted by Crippen LogP contribution is -2.29. The van der Waals surface area contributed by atoms with Gasteiger partial charge in [-0.1, -0.05) is 50.6 Å². The molecule has 0 aliphatic rings. The van der Waals surface area contributed by atoms with Crippen molar-refractivity contribution >= 4 is 17.7 Å². The van der Waals surface area contributed by atoms with E-state index in [0.29, 0.717) is 18.9 Å². The van der Waals surface area contributed by atoms with Gasteiger partial charge in [0, 0.05) is 4.90 Å². The number of carbonyl (C=O) groups excluding carboxylic acids is 1. The van der Waals surface area contributed by atoms with Gasteiger partial charge in [-0.3, -0.25) is 4.79 Å². The molecule has 0 aliphatic heterocycles. The Bertz CT molecular complexity index is 673. The summed E-state index contributed by atoms with van der Waals surface area (Å²) in [4.78, 5) is 13.0. The van der Waals surface area contributed by atoms with Gasteiger partial charge in [-0.25, -0.2) is 0 Å². The molecule has 1 amide bonds. The second-order valence-corrected chi connectivity index (χ2v) is 8.12. The molecule has 3 nitrogen and oxygen atoms in total. The van der Waals surface area contributed by atoms with Crippen molar-refractivity contribution in [1.29, 1.82) is 0 Å². The fraction of sp³-hybridized carbons (Fsp3) is 0.381. The molecule has 0 fully saturated rings. The third-order valence-electron chi connectivity index (χ3n) is 3.80. The van der Waals surface area contributed by atoms with Crippen LogP contribution in [0.4, 0.5) is 0 Å². The standard InChI is InChI=1S/C21H27NO2S/c1-16-5-11-19(12-6-16)25-15-20(23)22-13-14-24-18-9-7-17(8-10-18)21(2,3)4/h5-12H,13-15H2,1-4H3,(H,22,23). The summed E-state index contributed by atoms with van der Waals surface area (Å²) in [5.74, 6) is 1.28. The van der Waals surface area contributed by atoms with Crippen LogP contribution in [-0.2, 0) is 10.2 Å². The van der Waals surface area contributed by atoms with Crippen LogP contribution in [0.25, 0.3) is 0 Å². The molecule has 0 radical (unpaired) electrons. The van der Waals surface area contributed by atoms with Crippen LogP contribution in [0.5, 0.6) is 5.75 Å². The number of amides is 1. The zero-order chi connectivity index (χ0) is 18.3. The van der Waals surface area contributed by atoms with Crippen molar-refractivity contribution in [2.75, 3.05) is 18.9 Å². The summed E-state index contributed by atoms with van der Waals surface area (Å²) in [6.07, 6.45) is 0. The highest BCUT2D eigenvalue weighted by Crippen LogP contribution is 2.24. The second-order valence-electron chi connectivity index (χ2n) is 7.07. The van der Waals surface area contributed by atoms with Gasteiger partial charge < -0.3 is 10.1 Å². The van der Waals surface area contributed by atoms with Crippen LogP contribution in [0.3, 0.4) is 0 Å².